The Bertz CT molecular complexity index is 1260. The lowest BCUT2D eigenvalue weighted by molar-refractivity contribution is 0.477. The number of para-hydroxylation sites is 1. The Hall–Kier alpha value is -2.56. The fraction of sp³-hybridized carbons (Fsp3) is 0.250. The third kappa shape index (κ3) is 4.30. The van der Waals surface area contributed by atoms with Crippen LogP contribution in [0.4, 0.5) is 5.82 Å². The van der Waals surface area contributed by atoms with Gasteiger partial charge in [0.2, 0.25) is 10.0 Å². The van der Waals surface area contributed by atoms with E-state index in [1.54, 1.807) is 18.6 Å². The summed E-state index contributed by atoms with van der Waals surface area (Å²) in [6.07, 6.45) is 7.02. The van der Waals surface area contributed by atoms with Crippen molar-refractivity contribution < 1.29 is 8.42 Å². The van der Waals surface area contributed by atoms with Crippen molar-refractivity contribution >= 4 is 42.7 Å². The van der Waals surface area contributed by atoms with Gasteiger partial charge in [0.15, 0.2) is 0 Å². The van der Waals surface area contributed by atoms with Gasteiger partial charge in [-0.1, -0.05) is 18.2 Å². The first kappa shape index (κ1) is 20.7. The average molecular weight is 489 g/mol. The molecule has 1 saturated heterocycles. The molecule has 30 heavy (non-hydrogen) atoms. The van der Waals surface area contributed by atoms with E-state index in [4.69, 9.17) is 10.7 Å². The quantitative estimate of drug-likeness (QED) is 0.583. The van der Waals surface area contributed by atoms with Crippen molar-refractivity contribution in [3.8, 4) is 11.1 Å². The predicted octanol–water partition coefficient (Wildman–Crippen LogP) is 3.24. The molecule has 0 radical (unpaired) electrons. The molecule has 1 atom stereocenters. The normalized spacial score (nSPS) is 17.2. The summed E-state index contributed by atoms with van der Waals surface area (Å²) >= 11 is 3.51. The second-order valence-corrected chi connectivity index (χ2v) is 10.00. The molecule has 3 N–H and O–H groups in total. The maximum absolute atomic E-state index is 11.9. The second-order valence-electron chi connectivity index (χ2n) is 7.22. The number of aromatic amines is 1. The molecule has 1 aliphatic rings. The number of anilines is 1. The highest BCUT2D eigenvalue weighted by Crippen LogP contribution is 2.33. The Morgan fingerprint density at radius 1 is 1.17 bits per heavy atom. The highest BCUT2D eigenvalue weighted by atomic mass is 79.9. The van der Waals surface area contributed by atoms with Gasteiger partial charge in [0.25, 0.3) is 0 Å². The third-order valence-corrected chi connectivity index (χ3v) is 7.23. The first-order valence-electron chi connectivity index (χ1n) is 9.36. The summed E-state index contributed by atoms with van der Waals surface area (Å²) in [5.41, 5.74) is 9.32. The molecule has 8 nitrogen and oxygen atoms in total. The molecule has 1 unspecified atom stereocenters. The van der Waals surface area contributed by atoms with Crippen LogP contribution in [0.5, 0.6) is 0 Å². The number of benzene rings is 1. The topological polar surface area (TPSA) is 118 Å². The minimum atomic E-state index is -3.25. The van der Waals surface area contributed by atoms with Crippen molar-refractivity contribution in [1.82, 2.24) is 24.5 Å². The highest BCUT2D eigenvalue weighted by Gasteiger charge is 2.31. The fourth-order valence-electron chi connectivity index (χ4n) is 3.50. The first-order chi connectivity index (χ1) is 14.3. The molecule has 10 heteroatoms. The van der Waals surface area contributed by atoms with Crippen LogP contribution in [-0.4, -0.2) is 52.2 Å². The number of nitrogens with one attached hydrogen (secondary N) is 1. The Kier molecular flexibility index (Phi) is 5.72. The number of sulfonamides is 1. The summed E-state index contributed by atoms with van der Waals surface area (Å²) < 4.78 is 25.9. The van der Waals surface area contributed by atoms with Gasteiger partial charge in [-0.15, -0.1) is 0 Å². The minimum absolute atomic E-state index is 0.0835. The number of aromatic nitrogens is 4. The number of rotatable bonds is 3. The molecule has 1 aliphatic heterocycles. The van der Waals surface area contributed by atoms with Gasteiger partial charge in [-0.25, -0.2) is 12.7 Å². The number of H-pyrrole nitrogens is 1. The maximum atomic E-state index is 11.9. The van der Waals surface area contributed by atoms with E-state index in [0.29, 0.717) is 35.5 Å². The maximum Gasteiger partial charge on any atom is 0.211 e. The number of halogens is 1. The van der Waals surface area contributed by atoms with E-state index in [-0.39, 0.29) is 5.92 Å². The van der Waals surface area contributed by atoms with E-state index >= 15 is 0 Å². The Labute approximate surface area is 183 Å². The summed E-state index contributed by atoms with van der Waals surface area (Å²) in [6.45, 7) is 0.819. The van der Waals surface area contributed by atoms with Gasteiger partial charge in [0.1, 0.15) is 5.82 Å². The highest BCUT2D eigenvalue weighted by molar-refractivity contribution is 9.10. The van der Waals surface area contributed by atoms with Crippen LogP contribution in [0.1, 0.15) is 18.0 Å². The standard InChI is InChI=1S/C20H21BrN6O2S/c1-30(28,29)27-7-6-14(12-27)19-18(21)20(22)26-25-11-16(10-24-19)15-8-13-4-2-3-5-17(13)23-9-15/h2-5,8-11,14,26H,6-7,12,22H2,1H3. The van der Waals surface area contributed by atoms with Crippen LogP contribution < -0.4 is 5.73 Å². The van der Waals surface area contributed by atoms with Crippen LogP contribution in [0.25, 0.3) is 22.0 Å². The van der Waals surface area contributed by atoms with Crippen molar-refractivity contribution in [1.29, 1.82) is 0 Å². The summed E-state index contributed by atoms with van der Waals surface area (Å²) in [6, 6.07) is 9.90. The number of nitrogens with zero attached hydrogens (tertiary/aromatic N) is 4. The first-order valence-corrected chi connectivity index (χ1v) is 12.0. The monoisotopic (exact) mass is 488 g/mol. The van der Waals surface area contributed by atoms with Crippen molar-refractivity contribution in [2.24, 2.45) is 0 Å². The van der Waals surface area contributed by atoms with Crippen molar-refractivity contribution in [3.05, 3.63) is 59.1 Å². The lowest BCUT2D eigenvalue weighted by Gasteiger charge is -2.13. The van der Waals surface area contributed by atoms with Gasteiger partial charge in [-0.05, 0) is 34.5 Å². The zero-order valence-electron chi connectivity index (χ0n) is 16.3. The van der Waals surface area contributed by atoms with Gasteiger partial charge < -0.3 is 5.73 Å². The Morgan fingerprint density at radius 2 is 1.93 bits per heavy atom. The SMILES string of the molecule is CS(=O)(=O)N1CCC(c2ncc(-c3cnc4ccccc4c3)cn[nH]c(N)c2Br)C1. The molecule has 156 valence electrons. The molecular weight excluding hydrogens is 468 g/mol. The molecule has 3 aromatic rings. The smallest absolute Gasteiger partial charge is 0.211 e. The van der Waals surface area contributed by atoms with Crippen LogP contribution in [0, 0.1) is 0 Å². The number of hydrogen-bond acceptors (Lipinski definition) is 6. The van der Waals surface area contributed by atoms with Crippen LogP contribution in [0.15, 0.2) is 53.4 Å². The number of fused-ring (bicyclic) bond motifs is 1. The van der Waals surface area contributed by atoms with E-state index in [1.165, 1.54) is 10.6 Å². The molecule has 0 aliphatic carbocycles. The van der Waals surface area contributed by atoms with E-state index < -0.39 is 10.0 Å². The lowest BCUT2D eigenvalue weighted by Crippen LogP contribution is -2.27. The molecule has 0 spiro atoms. The van der Waals surface area contributed by atoms with Crippen LogP contribution in [-0.2, 0) is 10.0 Å². The van der Waals surface area contributed by atoms with Gasteiger partial charge in [0.05, 0.1) is 28.1 Å². The predicted molar refractivity (Wildman–Crippen MR) is 121 cm³/mol. The van der Waals surface area contributed by atoms with Crippen LogP contribution in [0.3, 0.4) is 0 Å². The van der Waals surface area contributed by atoms with Crippen molar-refractivity contribution in [2.45, 2.75) is 12.3 Å². The van der Waals surface area contributed by atoms with Gasteiger partial charge in [-0.3, -0.25) is 15.1 Å². The van der Waals surface area contributed by atoms with Gasteiger partial charge in [-0.2, -0.15) is 5.10 Å². The Balaban J connectivity index is 1.80. The lowest BCUT2D eigenvalue weighted by atomic mass is 10.0. The molecule has 1 aromatic carbocycles. The zero-order chi connectivity index (χ0) is 21.3. The molecule has 4 rings (SSSR count). The van der Waals surface area contributed by atoms with E-state index in [1.807, 2.05) is 30.3 Å². The molecule has 1 fully saturated rings. The van der Waals surface area contributed by atoms with Crippen molar-refractivity contribution in [3.63, 3.8) is 0 Å². The van der Waals surface area contributed by atoms with E-state index in [2.05, 4.69) is 31.1 Å². The average Bonchev–Trinajstić information content (AvgIpc) is 3.23. The van der Waals surface area contributed by atoms with Gasteiger partial charge >= 0.3 is 0 Å². The number of pyridine rings is 1. The number of nitrogen functional groups attached to an aromatic ring is 1. The van der Waals surface area contributed by atoms with E-state index in [0.717, 1.165) is 22.0 Å². The minimum Gasteiger partial charge on any atom is -0.383 e. The Morgan fingerprint density at radius 3 is 2.70 bits per heavy atom. The molecule has 0 amide bonds. The molecule has 2 aromatic heterocycles. The van der Waals surface area contributed by atoms with E-state index in [9.17, 15) is 8.42 Å². The van der Waals surface area contributed by atoms with Crippen molar-refractivity contribution in [2.75, 3.05) is 25.1 Å². The largest absolute Gasteiger partial charge is 0.383 e. The third-order valence-electron chi connectivity index (χ3n) is 5.12. The fourth-order valence-corrected chi connectivity index (χ4v) is 4.91. The number of nitrogens with two attached hydrogens (primary N) is 1. The van der Waals surface area contributed by atoms with Crippen LogP contribution in [0.2, 0.25) is 0 Å². The number of hydrogen-bond donors (Lipinski definition) is 2. The molecule has 3 heterocycles. The summed E-state index contributed by atoms with van der Waals surface area (Å²) in [5, 5.41) is 8.04. The second kappa shape index (κ2) is 8.29. The summed E-state index contributed by atoms with van der Waals surface area (Å²) in [5.74, 6) is 0.230. The zero-order valence-corrected chi connectivity index (χ0v) is 18.7. The molecular formula is C20H21BrN6O2S. The molecule has 0 bridgehead atoms. The molecule has 0 saturated carbocycles. The summed E-state index contributed by atoms with van der Waals surface area (Å²) in [7, 11) is -3.25. The van der Waals surface area contributed by atoms with Gasteiger partial charge in [0, 0.05) is 47.9 Å². The van der Waals surface area contributed by atoms with Crippen LogP contribution >= 0.6 is 15.9 Å². The summed E-state index contributed by atoms with van der Waals surface area (Å²) in [4.78, 5) is 9.21.